The van der Waals surface area contributed by atoms with Crippen LogP contribution in [0.2, 0.25) is 10.0 Å². The molecule has 174 valence electrons. The molecule has 2 saturated heterocycles. The van der Waals surface area contributed by atoms with E-state index in [2.05, 4.69) is 45.0 Å². The van der Waals surface area contributed by atoms with Gasteiger partial charge in [0.25, 0.3) is 0 Å². The molecule has 6 rings (SSSR count). The van der Waals surface area contributed by atoms with Gasteiger partial charge in [-0.3, -0.25) is 4.90 Å². The summed E-state index contributed by atoms with van der Waals surface area (Å²) in [5.41, 5.74) is 1.74. The number of aromatic nitrogens is 6. The molecule has 0 atom stereocenters. The highest BCUT2D eigenvalue weighted by Crippen LogP contribution is 2.34. The maximum atomic E-state index is 6.36. The number of hydrogen-bond acceptors (Lipinski definition) is 9. The summed E-state index contributed by atoms with van der Waals surface area (Å²) in [6.45, 7) is 5.49. The van der Waals surface area contributed by atoms with Crippen molar-refractivity contribution in [3.63, 3.8) is 0 Å². The average Bonchev–Trinajstić information content (AvgIpc) is 3.23. The maximum absolute atomic E-state index is 6.36. The van der Waals surface area contributed by atoms with Gasteiger partial charge in [0, 0.05) is 32.2 Å². The van der Waals surface area contributed by atoms with Crippen LogP contribution in [-0.4, -0.2) is 80.2 Å². The SMILES string of the molecule is Clc1cccc(Cl)c1-c1nc2ncnc(Nc3cc(N4CCN(C5COC5)CC4)ncn3)c2[nH]1. The molecule has 2 fully saturated rings. The minimum atomic E-state index is 0.494. The molecule has 1 aromatic carbocycles. The number of halogens is 2. The molecule has 0 bridgehead atoms. The predicted molar refractivity (Wildman–Crippen MR) is 131 cm³/mol. The highest BCUT2D eigenvalue weighted by molar-refractivity contribution is 6.39. The molecule has 3 aromatic heterocycles. The van der Waals surface area contributed by atoms with Gasteiger partial charge >= 0.3 is 0 Å². The Morgan fingerprint density at radius 3 is 2.47 bits per heavy atom. The Morgan fingerprint density at radius 1 is 0.971 bits per heavy atom. The molecule has 0 radical (unpaired) electrons. The van der Waals surface area contributed by atoms with E-state index >= 15 is 0 Å². The van der Waals surface area contributed by atoms with E-state index in [0.717, 1.165) is 45.2 Å². The van der Waals surface area contributed by atoms with Gasteiger partial charge in [0.1, 0.15) is 35.6 Å². The van der Waals surface area contributed by atoms with Crippen LogP contribution in [0.5, 0.6) is 0 Å². The first-order valence-corrected chi connectivity index (χ1v) is 11.7. The zero-order valence-electron chi connectivity index (χ0n) is 18.1. The molecule has 0 amide bonds. The number of H-pyrrole nitrogens is 1. The Bertz CT molecular complexity index is 1310. The summed E-state index contributed by atoms with van der Waals surface area (Å²) in [6.07, 6.45) is 3.01. The standard InChI is InChI=1S/C22H21Cl2N9O/c23-14-2-1-3-15(24)18(14)20-30-19-21(27-12-28-22(19)31-20)29-16-8-17(26-11-25-16)33-6-4-32(5-7-33)13-9-34-10-13/h1-3,8,11-13H,4-7,9-10H2,(H2,25,26,27,28,29,30,31). The number of aromatic amines is 1. The number of ether oxygens (including phenoxy) is 1. The molecule has 0 unspecified atom stereocenters. The minimum absolute atomic E-state index is 0.494. The second kappa shape index (κ2) is 8.95. The number of benzene rings is 1. The molecule has 10 nitrogen and oxygen atoms in total. The van der Waals surface area contributed by atoms with Crippen LogP contribution in [0.1, 0.15) is 0 Å². The lowest BCUT2D eigenvalue weighted by Gasteiger charge is -2.42. The molecular formula is C22H21Cl2N9O. The van der Waals surface area contributed by atoms with Crippen molar-refractivity contribution in [3.8, 4) is 11.4 Å². The van der Waals surface area contributed by atoms with Crippen LogP contribution in [0.15, 0.2) is 36.9 Å². The minimum Gasteiger partial charge on any atom is -0.378 e. The highest BCUT2D eigenvalue weighted by Gasteiger charge is 2.29. The van der Waals surface area contributed by atoms with Crippen LogP contribution in [0.25, 0.3) is 22.6 Å². The zero-order chi connectivity index (χ0) is 23.1. The number of anilines is 3. The number of nitrogens with zero attached hydrogens (tertiary/aromatic N) is 7. The second-order valence-corrected chi connectivity index (χ2v) is 9.02. The van der Waals surface area contributed by atoms with Crippen LogP contribution in [0.4, 0.5) is 17.5 Å². The third-order valence-corrected chi connectivity index (χ3v) is 6.79. The van der Waals surface area contributed by atoms with Crippen LogP contribution < -0.4 is 10.2 Å². The fourth-order valence-electron chi connectivity index (χ4n) is 4.23. The Labute approximate surface area is 205 Å². The van der Waals surface area contributed by atoms with Crippen molar-refractivity contribution in [2.45, 2.75) is 6.04 Å². The molecule has 2 aliphatic heterocycles. The van der Waals surface area contributed by atoms with Gasteiger partial charge in [0.15, 0.2) is 11.5 Å². The van der Waals surface area contributed by atoms with Gasteiger partial charge in [-0.2, -0.15) is 0 Å². The Hall–Kier alpha value is -3.05. The van der Waals surface area contributed by atoms with Gasteiger partial charge in [0.05, 0.1) is 34.9 Å². The first-order chi connectivity index (χ1) is 16.7. The Balaban J connectivity index is 1.24. The molecular weight excluding hydrogens is 477 g/mol. The van der Waals surface area contributed by atoms with Gasteiger partial charge in [-0.15, -0.1) is 0 Å². The third kappa shape index (κ3) is 4.03. The maximum Gasteiger partial charge on any atom is 0.183 e. The van der Waals surface area contributed by atoms with E-state index in [1.807, 2.05) is 6.07 Å². The van der Waals surface area contributed by atoms with E-state index in [4.69, 9.17) is 27.9 Å². The number of imidazole rings is 1. The van der Waals surface area contributed by atoms with Crippen molar-refractivity contribution in [1.29, 1.82) is 0 Å². The largest absolute Gasteiger partial charge is 0.378 e. The van der Waals surface area contributed by atoms with Crippen LogP contribution >= 0.6 is 23.2 Å². The van der Waals surface area contributed by atoms with E-state index < -0.39 is 0 Å². The summed E-state index contributed by atoms with van der Waals surface area (Å²) < 4.78 is 5.33. The lowest BCUT2D eigenvalue weighted by Crippen LogP contribution is -2.56. The monoisotopic (exact) mass is 497 g/mol. The van der Waals surface area contributed by atoms with Crippen LogP contribution in [-0.2, 0) is 4.74 Å². The smallest absolute Gasteiger partial charge is 0.183 e. The third-order valence-electron chi connectivity index (χ3n) is 6.16. The van der Waals surface area contributed by atoms with Gasteiger partial charge in [0.2, 0.25) is 0 Å². The van der Waals surface area contributed by atoms with Crippen molar-refractivity contribution in [1.82, 2.24) is 34.8 Å². The number of piperazine rings is 1. The van der Waals surface area contributed by atoms with E-state index in [1.54, 1.807) is 24.5 Å². The van der Waals surface area contributed by atoms with Gasteiger partial charge in [-0.25, -0.2) is 24.9 Å². The average molecular weight is 498 g/mol. The van der Waals surface area contributed by atoms with Crippen molar-refractivity contribution < 1.29 is 4.74 Å². The fraction of sp³-hybridized carbons (Fsp3) is 0.318. The summed E-state index contributed by atoms with van der Waals surface area (Å²) in [6, 6.07) is 7.81. The first kappa shape index (κ1) is 21.5. The van der Waals surface area contributed by atoms with Crippen LogP contribution in [0.3, 0.4) is 0 Å². The number of nitrogens with one attached hydrogen (secondary N) is 2. The fourth-order valence-corrected chi connectivity index (χ4v) is 4.80. The van der Waals surface area contributed by atoms with Crippen molar-refractivity contribution in [3.05, 3.63) is 47.0 Å². The molecule has 2 aliphatic rings. The number of rotatable bonds is 5. The quantitative estimate of drug-likeness (QED) is 0.428. The van der Waals surface area contributed by atoms with E-state index in [-0.39, 0.29) is 0 Å². The molecule has 4 aromatic rings. The lowest BCUT2D eigenvalue weighted by molar-refractivity contribution is -0.0661. The Morgan fingerprint density at radius 2 is 1.74 bits per heavy atom. The first-order valence-electron chi connectivity index (χ1n) is 11.0. The second-order valence-electron chi connectivity index (χ2n) is 8.20. The topological polar surface area (TPSA) is 108 Å². The van der Waals surface area contributed by atoms with E-state index in [0.29, 0.717) is 50.3 Å². The van der Waals surface area contributed by atoms with Crippen molar-refractivity contribution in [2.24, 2.45) is 0 Å². The molecule has 2 N–H and O–H groups in total. The summed E-state index contributed by atoms with van der Waals surface area (Å²) >= 11 is 12.7. The summed E-state index contributed by atoms with van der Waals surface area (Å²) in [5.74, 6) is 2.57. The molecule has 12 heteroatoms. The normalized spacial score (nSPS) is 17.2. The Kier molecular flexibility index (Phi) is 5.66. The summed E-state index contributed by atoms with van der Waals surface area (Å²) in [5, 5.41) is 4.27. The summed E-state index contributed by atoms with van der Waals surface area (Å²) in [4.78, 5) is 30.1. The molecule has 5 heterocycles. The van der Waals surface area contributed by atoms with Gasteiger partial charge in [-0.05, 0) is 12.1 Å². The predicted octanol–water partition coefficient (Wildman–Crippen LogP) is 3.38. The molecule has 34 heavy (non-hydrogen) atoms. The van der Waals surface area contributed by atoms with Gasteiger partial charge in [-0.1, -0.05) is 29.3 Å². The summed E-state index contributed by atoms with van der Waals surface area (Å²) in [7, 11) is 0. The van der Waals surface area contributed by atoms with Gasteiger partial charge < -0.3 is 19.9 Å². The molecule has 0 aliphatic carbocycles. The number of hydrogen-bond donors (Lipinski definition) is 2. The lowest BCUT2D eigenvalue weighted by atomic mass is 10.2. The molecule has 0 spiro atoms. The van der Waals surface area contributed by atoms with Crippen LogP contribution in [0, 0.1) is 0 Å². The highest BCUT2D eigenvalue weighted by atomic mass is 35.5. The van der Waals surface area contributed by atoms with Crippen molar-refractivity contribution in [2.75, 3.05) is 49.6 Å². The van der Waals surface area contributed by atoms with E-state index in [1.165, 1.54) is 6.33 Å². The van der Waals surface area contributed by atoms with E-state index in [9.17, 15) is 0 Å². The van der Waals surface area contributed by atoms with Crippen molar-refractivity contribution >= 4 is 51.8 Å². The number of fused-ring (bicyclic) bond motifs is 1. The zero-order valence-corrected chi connectivity index (χ0v) is 19.6. The molecule has 0 saturated carbocycles.